The van der Waals surface area contributed by atoms with Gasteiger partial charge in [-0.3, -0.25) is 4.79 Å². The smallest absolute Gasteiger partial charge is 0.150 e. The Labute approximate surface area is 171 Å². The number of carbonyl (C=O) groups is 1. The molecule has 1 nitrogen and oxygen atoms in total. The first-order valence-corrected chi connectivity index (χ1v) is 9.99. The molecule has 1 unspecified atom stereocenters. The molecule has 0 aromatic heterocycles. The van der Waals surface area contributed by atoms with Crippen LogP contribution in [0, 0.1) is 13.8 Å². The molecule has 0 saturated carbocycles. The summed E-state index contributed by atoms with van der Waals surface area (Å²) in [4.78, 5) is 11.3. The molecule has 0 radical (unpaired) electrons. The maximum atomic E-state index is 11.3. The predicted molar refractivity (Wildman–Crippen MR) is 119 cm³/mol. The number of hydrogen-bond donors (Lipinski definition) is 0. The second-order valence-electron chi connectivity index (χ2n) is 7.90. The van der Waals surface area contributed by atoms with Crippen LogP contribution in [-0.2, 0) is 5.41 Å². The molecule has 0 amide bonds. The molecule has 5 rings (SSSR count). The standard InChI is InChI=1S/C28H22O/c1-19-10-14-22(15-11-19)28(23-16-12-21(18-29)13-17-23)25-8-4-3-7-24(25)27-20(2)6-5-9-26(27)28/h3-18H,1-2H3. The third-order valence-corrected chi connectivity index (χ3v) is 6.24. The average Bonchev–Trinajstić information content (AvgIpc) is 3.07. The fourth-order valence-corrected chi connectivity index (χ4v) is 4.91. The van der Waals surface area contributed by atoms with Crippen LogP contribution in [0.5, 0.6) is 0 Å². The first-order valence-electron chi connectivity index (χ1n) is 9.99. The molecule has 1 aliphatic rings. The van der Waals surface area contributed by atoms with Gasteiger partial charge in [-0.05, 0) is 52.8 Å². The van der Waals surface area contributed by atoms with Gasteiger partial charge in [-0.25, -0.2) is 0 Å². The van der Waals surface area contributed by atoms with E-state index in [0.717, 1.165) is 6.29 Å². The summed E-state index contributed by atoms with van der Waals surface area (Å²) in [6, 6.07) is 32.3. The van der Waals surface area contributed by atoms with E-state index in [4.69, 9.17) is 0 Å². The molecule has 1 heteroatoms. The number of carbonyl (C=O) groups excluding carboxylic acids is 1. The number of aldehydes is 1. The van der Waals surface area contributed by atoms with Gasteiger partial charge in [0, 0.05) is 5.56 Å². The van der Waals surface area contributed by atoms with Crippen LogP contribution >= 0.6 is 0 Å². The number of fused-ring (bicyclic) bond motifs is 3. The Bertz CT molecular complexity index is 1220. The zero-order valence-corrected chi connectivity index (χ0v) is 16.6. The van der Waals surface area contributed by atoms with Crippen LogP contribution in [0.15, 0.2) is 91.0 Å². The predicted octanol–water partition coefficient (Wildman–Crippen LogP) is 6.48. The van der Waals surface area contributed by atoms with E-state index in [9.17, 15) is 4.79 Å². The van der Waals surface area contributed by atoms with Crippen molar-refractivity contribution >= 4 is 6.29 Å². The fraction of sp³-hybridized carbons (Fsp3) is 0.107. The molecule has 4 aromatic carbocycles. The average molecular weight is 374 g/mol. The Kier molecular flexibility index (Phi) is 3.99. The van der Waals surface area contributed by atoms with Gasteiger partial charge in [-0.1, -0.05) is 96.6 Å². The molecule has 0 heterocycles. The number of rotatable bonds is 3. The third kappa shape index (κ3) is 2.44. The molecule has 4 aromatic rings. The van der Waals surface area contributed by atoms with E-state index >= 15 is 0 Å². The maximum Gasteiger partial charge on any atom is 0.150 e. The lowest BCUT2D eigenvalue weighted by Gasteiger charge is -2.34. The van der Waals surface area contributed by atoms with Gasteiger partial charge in [0.25, 0.3) is 0 Å². The van der Waals surface area contributed by atoms with Crippen LogP contribution in [-0.4, -0.2) is 6.29 Å². The van der Waals surface area contributed by atoms with Crippen LogP contribution in [0.2, 0.25) is 0 Å². The van der Waals surface area contributed by atoms with Crippen molar-refractivity contribution in [2.24, 2.45) is 0 Å². The zero-order valence-electron chi connectivity index (χ0n) is 16.6. The Hall–Kier alpha value is -3.45. The van der Waals surface area contributed by atoms with Gasteiger partial charge < -0.3 is 0 Å². The lowest BCUT2D eigenvalue weighted by molar-refractivity contribution is 0.112. The summed E-state index contributed by atoms with van der Waals surface area (Å²) in [6.45, 7) is 4.31. The Morgan fingerprint density at radius 1 is 0.655 bits per heavy atom. The van der Waals surface area contributed by atoms with Crippen LogP contribution in [0.25, 0.3) is 11.1 Å². The minimum absolute atomic E-state index is 0.396. The monoisotopic (exact) mass is 374 g/mol. The second kappa shape index (κ2) is 6.56. The largest absolute Gasteiger partial charge is 0.298 e. The van der Waals surface area contributed by atoms with E-state index in [2.05, 4.69) is 92.7 Å². The summed E-state index contributed by atoms with van der Waals surface area (Å²) in [5.74, 6) is 0. The summed E-state index contributed by atoms with van der Waals surface area (Å²) in [6.07, 6.45) is 0.906. The fourth-order valence-electron chi connectivity index (χ4n) is 4.91. The summed E-state index contributed by atoms with van der Waals surface area (Å²) in [7, 11) is 0. The van der Waals surface area contributed by atoms with Gasteiger partial charge in [0.2, 0.25) is 0 Å². The van der Waals surface area contributed by atoms with E-state index in [1.807, 2.05) is 12.1 Å². The summed E-state index contributed by atoms with van der Waals surface area (Å²) < 4.78 is 0. The van der Waals surface area contributed by atoms with Gasteiger partial charge in [0.15, 0.2) is 0 Å². The van der Waals surface area contributed by atoms with Crippen LogP contribution in [0.1, 0.15) is 43.7 Å². The van der Waals surface area contributed by atoms with Crippen molar-refractivity contribution in [3.8, 4) is 11.1 Å². The Morgan fingerprint density at radius 3 is 1.97 bits per heavy atom. The highest BCUT2D eigenvalue weighted by atomic mass is 16.1. The van der Waals surface area contributed by atoms with E-state index in [0.29, 0.717) is 5.56 Å². The summed E-state index contributed by atoms with van der Waals surface area (Å²) in [5.41, 5.74) is 10.5. The highest BCUT2D eigenvalue weighted by molar-refractivity contribution is 5.88. The highest BCUT2D eigenvalue weighted by Crippen LogP contribution is 2.56. The minimum Gasteiger partial charge on any atom is -0.298 e. The summed E-state index contributed by atoms with van der Waals surface area (Å²) >= 11 is 0. The van der Waals surface area contributed by atoms with Crippen LogP contribution in [0.3, 0.4) is 0 Å². The van der Waals surface area contributed by atoms with Crippen molar-refractivity contribution in [2.75, 3.05) is 0 Å². The molecule has 0 spiro atoms. The lowest BCUT2D eigenvalue weighted by atomic mass is 9.67. The van der Waals surface area contributed by atoms with Crippen molar-refractivity contribution < 1.29 is 4.79 Å². The number of hydrogen-bond acceptors (Lipinski definition) is 1. The Morgan fingerprint density at radius 2 is 1.28 bits per heavy atom. The molecule has 0 fully saturated rings. The van der Waals surface area contributed by atoms with Gasteiger partial charge >= 0.3 is 0 Å². The van der Waals surface area contributed by atoms with Crippen molar-refractivity contribution in [3.05, 3.63) is 130 Å². The van der Waals surface area contributed by atoms with E-state index in [-0.39, 0.29) is 0 Å². The molecular weight excluding hydrogens is 352 g/mol. The first kappa shape index (κ1) is 17.6. The highest BCUT2D eigenvalue weighted by Gasteiger charge is 2.46. The normalized spacial score (nSPS) is 16.9. The molecule has 0 N–H and O–H groups in total. The van der Waals surface area contributed by atoms with Crippen molar-refractivity contribution in [1.82, 2.24) is 0 Å². The maximum absolute atomic E-state index is 11.3. The molecule has 29 heavy (non-hydrogen) atoms. The van der Waals surface area contributed by atoms with E-state index < -0.39 is 5.41 Å². The first-order chi connectivity index (χ1) is 14.2. The van der Waals surface area contributed by atoms with Gasteiger partial charge in [0.1, 0.15) is 6.29 Å². The van der Waals surface area contributed by atoms with E-state index in [1.54, 1.807) is 0 Å². The quantitative estimate of drug-likeness (QED) is 0.330. The molecule has 0 saturated heterocycles. The lowest BCUT2D eigenvalue weighted by Crippen LogP contribution is -2.28. The van der Waals surface area contributed by atoms with Crippen LogP contribution < -0.4 is 0 Å². The van der Waals surface area contributed by atoms with Crippen molar-refractivity contribution in [2.45, 2.75) is 19.3 Å². The van der Waals surface area contributed by atoms with Gasteiger partial charge in [-0.15, -0.1) is 0 Å². The number of benzene rings is 4. The topological polar surface area (TPSA) is 17.1 Å². The minimum atomic E-state index is -0.396. The molecule has 140 valence electrons. The molecular formula is C28H22O. The number of aryl methyl sites for hydroxylation is 2. The third-order valence-electron chi connectivity index (χ3n) is 6.24. The molecule has 1 atom stereocenters. The Balaban J connectivity index is 1.94. The molecule has 0 aliphatic heterocycles. The molecule has 0 bridgehead atoms. The SMILES string of the molecule is Cc1ccc(C2(c3ccc(C=O)cc3)c3ccccc3-c3c(C)cccc32)cc1. The van der Waals surface area contributed by atoms with Crippen molar-refractivity contribution in [3.63, 3.8) is 0 Å². The van der Waals surface area contributed by atoms with E-state index in [1.165, 1.54) is 44.5 Å². The van der Waals surface area contributed by atoms with Gasteiger partial charge in [-0.2, -0.15) is 0 Å². The van der Waals surface area contributed by atoms with Crippen molar-refractivity contribution in [1.29, 1.82) is 0 Å². The zero-order chi connectivity index (χ0) is 20.0. The van der Waals surface area contributed by atoms with Crippen LogP contribution in [0.4, 0.5) is 0 Å². The second-order valence-corrected chi connectivity index (χ2v) is 7.90. The summed E-state index contributed by atoms with van der Waals surface area (Å²) in [5, 5.41) is 0. The molecule has 1 aliphatic carbocycles. The van der Waals surface area contributed by atoms with Gasteiger partial charge in [0.05, 0.1) is 5.41 Å².